The molecule has 0 saturated carbocycles. The Labute approximate surface area is 138 Å². The first kappa shape index (κ1) is 15.4. The van der Waals surface area contributed by atoms with Crippen LogP contribution >= 0.6 is 23.1 Å². The average Bonchev–Trinajstić information content (AvgIpc) is 3.19. The summed E-state index contributed by atoms with van der Waals surface area (Å²) in [5.74, 6) is 0.00803. The molecule has 0 unspecified atom stereocenters. The van der Waals surface area contributed by atoms with Crippen LogP contribution in [0.5, 0.6) is 0 Å². The van der Waals surface area contributed by atoms with E-state index in [9.17, 15) is 4.79 Å². The number of aryl methyl sites for hydroxylation is 3. The van der Waals surface area contributed by atoms with Gasteiger partial charge in [-0.1, -0.05) is 23.0 Å². The predicted octanol–water partition coefficient (Wildman–Crippen LogP) is 2.77. The fourth-order valence-corrected chi connectivity index (χ4v) is 4.08. The van der Waals surface area contributed by atoms with Crippen LogP contribution < -0.4 is 0 Å². The van der Waals surface area contributed by atoms with E-state index in [2.05, 4.69) is 14.7 Å². The monoisotopic (exact) mass is 339 g/mol. The molecule has 0 N–H and O–H groups in total. The summed E-state index contributed by atoms with van der Waals surface area (Å²) in [4.78, 5) is 15.4. The van der Waals surface area contributed by atoms with Gasteiger partial charge < -0.3 is 4.90 Å². The standard InChI is InChI=1S/C14H18ClN5OS/c1-4-9-12(22-18-16-9)14(21)20-7-5-6-10(20)11-8(2)17-19(3)13(11)15/h10H,4-7H2,1-3H3/t10-/m1/s1. The highest BCUT2D eigenvalue weighted by molar-refractivity contribution is 7.08. The summed E-state index contributed by atoms with van der Waals surface area (Å²) in [7, 11) is 1.82. The quantitative estimate of drug-likeness (QED) is 0.862. The zero-order valence-electron chi connectivity index (χ0n) is 12.8. The molecule has 2 aromatic heterocycles. The number of likely N-dealkylation sites (tertiary alicyclic amines) is 1. The van der Waals surface area contributed by atoms with E-state index in [4.69, 9.17) is 11.6 Å². The summed E-state index contributed by atoms with van der Waals surface area (Å²) in [6, 6.07) is -0.0134. The Hall–Kier alpha value is -1.47. The molecule has 22 heavy (non-hydrogen) atoms. The lowest BCUT2D eigenvalue weighted by Gasteiger charge is -2.24. The normalized spacial score (nSPS) is 18.2. The van der Waals surface area contributed by atoms with E-state index in [1.165, 1.54) is 11.5 Å². The van der Waals surface area contributed by atoms with Crippen LogP contribution in [0.15, 0.2) is 0 Å². The molecule has 8 heteroatoms. The van der Waals surface area contributed by atoms with E-state index in [1.54, 1.807) is 4.68 Å². The molecule has 1 aliphatic heterocycles. The smallest absolute Gasteiger partial charge is 0.268 e. The number of hydrogen-bond acceptors (Lipinski definition) is 5. The van der Waals surface area contributed by atoms with Gasteiger partial charge in [0.1, 0.15) is 10.0 Å². The van der Waals surface area contributed by atoms with Crippen LogP contribution in [-0.4, -0.2) is 36.7 Å². The summed E-state index contributed by atoms with van der Waals surface area (Å²) >= 11 is 7.56. The molecule has 1 saturated heterocycles. The summed E-state index contributed by atoms with van der Waals surface area (Å²) in [6.45, 7) is 4.65. The maximum Gasteiger partial charge on any atom is 0.268 e. The Morgan fingerprint density at radius 1 is 1.50 bits per heavy atom. The highest BCUT2D eigenvalue weighted by Crippen LogP contribution is 2.38. The fraction of sp³-hybridized carbons (Fsp3) is 0.571. The van der Waals surface area contributed by atoms with Gasteiger partial charge in [-0.2, -0.15) is 5.10 Å². The van der Waals surface area contributed by atoms with Crippen molar-refractivity contribution in [1.29, 1.82) is 0 Å². The highest BCUT2D eigenvalue weighted by atomic mass is 35.5. The molecule has 0 spiro atoms. The Kier molecular flexibility index (Phi) is 4.18. The maximum absolute atomic E-state index is 12.9. The number of carbonyl (C=O) groups is 1. The number of nitrogens with zero attached hydrogens (tertiary/aromatic N) is 5. The van der Waals surface area contributed by atoms with Crippen molar-refractivity contribution < 1.29 is 4.79 Å². The second-order valence-electron chi connectivity index (χ2n) is 5.47. The van der Waals surface area contributed by atoms with Gasteiger partial charge in [0.2, 0.25) is 0 Å². The third kappa shape index (κ3) is 2.42. The van der Waals surface area contributed by atoms with Crippen LogP contribution in [0, 0.1) is 6.92 Å². The molecular weight excluding hydrogens is 322 g/mol. The van der Waals surface area contributed by atoms with Gasteiger partial charge in [-0.25, -0.2) is 0 Å². The van der Waals surface area contributed by atoms with Crippen LogP contribution in [-0.2, 0) is 13.5 Å². The first-order valence-electron chi connectivity index (χ1n) is 7.35. The van der Waals surface area contributed by atoms with Gasteiger partial charge in [-0.05, 0) is 37.7 Å². The second-order valence-corrected chi connectivity index (χ2v) is 6.58. The summed E-state index contributed by atoms with van der Waals surface area (Å²) in [5, 5.41) is 9.02. The number of rotatable bonds is 3. The number of carbonyl (C=O) groups excluding carboxylic acids is 1. The minimum absolute atomic E-state index is 0.00803. The van der Waals surface area contributed by atoms with Gasteiger partial charge in [-0.3, -0.25) is 9.48 Å². The Morgan fingerprint density at radius 2 is 2.27 bits per heavy atom. The largest absolute Gasteiger partial charge is 0.331 e. The fourth-order valence-electron chi connectivity index (χ4n) is 3.07. The lowest BCUT2D eigenvalue weighted by atomic mass is 10.1. The van der Waals surface area contributed by atoms with Crippen molar-refractivity contribution >= 4 is 29.0 Å². The molecule has 3 heterocycles. The number of aromatic nitrogens is 4. The van der Waals surface area contributed by atoms with Crippen LogP contribution in [0.4, 0.5) is 0 Å². The van der Waals surface area contributed by atoms with Crippen molar-refractivity contribution in [1.82, 2.24) is 24.3 Å². The molecule has 1 fully saturated rings. The van der Waals surface area contributed by atoms with E-state index >= 15 is 0 Å². The van der Waals surface area contributed by atoms with Crippen molar-refractivity contribution in [3.63, 3.8) is 0 Å². The molecular formula is C14H18ClN5OS. The van der Waals surface area contributed by atoms with E-state index in [-0.39, 0.29) is 11.9 Å². The van der Waals surface area contributed by atoms with Gasteiger partial charge in [0.05, 0.1) is 17.4 Å². The molecule has 0 aliphatic carbocycles. The molecule has 118 valence electrons. The Balaban J connectivity index is 1.95. The second kappa shape index (κ2) is 5.96. The minimum atomic E-state index is -0.0134. The lowest BCUT2D eigenvalue weighted by molar-refractivity contribution is 0.0739. The highest BCUT2D eigenvalue weighted by Gasteiger charge is 2.36. The maximum atomic E-state index is 12.9. The first-order valence-corrected chi connectivity index (χ1v) is 8.50. The predicted molar refractivity (Wildman–Crippen MR) is 85.3 cm³/mol. The Bertz CT molecular complexity index is 710. The molecule has 1 amide bonds. The van der Waals surface area contributed by atoms with Crippen molar-refractivity contribution in [3.05, 3.63) is 27.0 Å². The molecule has 0 aromatic carbocycles. The van der Waals surface area contributed by atoms with Crippen LogP contribution in [0.25, 0.3) is 0 Å². The van der Waals surface area contributed by atoms with Crippen LogP contribution in [0.2, 0.25) is 5.15 Å². The molecule has 1 atom stereocenters. The lowest BCUT2D eigenvalue weighted by Crippen LogP contribution is -2.31. The third-order valence-corrected chi connectivity index (χ3v) is 5.33. The van der Waals surface area contributed by atoms with E-state index in [0.717, 1.165) is 36.3 Å². The molecule has 0 bridgehead atoms. The Morgan fingerprint density at radius 3 is 2.91 bits per heavy atom. The number of halogens is 1. The minimum Gasteiger partial charge on any atom is -0.331 e. The zero-order chi connectivity index (χ0) is 15.9. The average molecular weight is 340 g/mol. The summed E-state index contributed by atoms with van der Waals surface area (Å²) in [6.07, 6.45) is 2.59. The van der Waals surface area contributed by atoms with Gasteiger partial charge in [0.25, 0.3) is 5.91 Å². The SMILES string of the molecule is CCc1nnsc1C(=O)N1CCC[C@@H]1c1c(C)nn(C)c1Cl. The third-order valence-electron chi connectivity index (χ3n) is 4.13. The van der Waals surface area contributed by atoms with Gasteiger partial charge >= 0.3 is 0 Å². The molecule has 3 rings (SSSR count). The topological polar surface area (TPSA) is 63.9 Å². The molecule has 2 aromatic rings. The number of hydrogen-bond donors (Lipinski definition) is 0. The van der Waals surface area contributed by atoms with Crippen molar-refractivity contribution in [2.24, 2.45) is 7.05 Å². The summed E-state index contributed by atoms with van der Waals surface area (Å²) < 4.78 is 5.59. The van der Waals surface area contributed by atoms with E-state index < -0.39 is 0 Å². The molecule has 6 nitrogen and oxygen atoms in total. The summed E-state index contributed by atoms with van der Waals surface area (Å²) in [5.41, 5.74) is 2.62. The van der Waals surface area contributed by atoms with Crippen molar-refractivity contribution in [3.8, 4) is 0 Å². The van der Waals surface area contributed by atoms with Crippen molar-refractivity contribution in [2.45, 2.75) is 39.2 Å². The molecule has 1 aliphatic rings. The number of amides is 1. The first-order chi connectivity index (χ1) is 10.5. The zero-order valence-corrected chi connectivity index (χ0v) is 14.4. The molecule has 0 radical (unpaired) electrons. The van der Waals surface area contributed by atoms with Gasteiger partial charge in [0.15, 0.2) is 0 Å². The van der Waals surface area contributed by atoms with E-state index in [1.807, 2.05) is 25.8 Å². The van der Waals surface area contributed by atoms with Crippen LogP contribution in [0.1, 0.15) is 52.4 Å². The van der Waals surface area contributed by atoms with Crippen LogP contribution in [0.3, 0.4) is 0 Å². The van der Waals surface area contributed by atoms with Crippen molar-refractivity contribution in [2.75, 3.05) is 6.54 Å². The van der Waals surface area contributed by atoms with E-state index in [0.29, 0.717) is 16.5 Å². The van der Waals surface area contributed by atoms with Gasteiger partial charge in [0, 0.05) is 19.2 Å². The van der Waals surface area contributed by atoms with Gasteiger partial charge in [-0.15, -0.1) is 5.10 Å².